The first kappa shape index (κ1) is 15.4. The van der Waals surface area contributed by atoms with Crippen molar-refractivity contribution < 1.29 is 13.3 Å². The van der Waals surface area contributed by atoms with Gasteiger partial charge in [-0.15, -0.1) is 0 Å². The van der Waals surface area contributed by atoms with Gasteiger partial charge >= 0.3 is 0 Å². The first-order valence-corrected chi connectivity index (χ1v) is 8.79. The SMILES string of the molecule is Cc1cc([N+](=O)[O-])ccc1S(=O)(=O)N1CCC2CNCC2C1. The van der Waals surface area contributed by atoms with E-state index in [1.54, 1.807) is 6.92 Å². The Balaban J connectivity index is 1.88. The van der Waals surface area contributed by atoms with E-state index in [1.807, 2.05) is 0 Å². The van der Waals surface area contributed by atoms with Gasteiger partial charge in [0.25, 0.3) is 5.69 Å². The van der Waals surface area contributed by atoms with E-state index in [0.29, 0.717) is 30.5 Å². The third-order valence-electron chi connectivity index (χ3n) is 4.65. The molecule has 1 N–H and O–H groups in total. The smallest absolute Gasteiger partial charge is 0.269 e. The van der Waals surface area contributed by atoms with Crippen LogP contribution in [0, 0.1) is 28.9 Å². The number of sulfonamides is 1. The van der Waals surface area contributed by atoms with Gasteiger partial charge in [-0.25, -0.2) is 8.42 Å². The van der Waals surface area contributed by atoms with Gasteiger partial charge in [-0.1, -0.05) is 0 Å². The lowest BCUT2D eigenvalue weighted by atomic mass is 9.90. The van der Waals surface area contributed by atoms with E-state index in [-0.39, 0.29) is 10.6 Å². The van der Waals surface area contributed by atoms with Gasteiger partial charge in [0, 0.05) is 25.2 Å². The first-order chi connectivity index (χ1) is 10.4. The van der Waals surface area contributed by atoms with Gasteiger partial charge in [0.05, 0.1) is 9.82 Å². The molecule has 2 fully saturated rings. The van der Waals surface area contributed by atoms with E-state index >= 15 is 0 Å². The van der Waals surface area contributed by atoms with Crippen LogP contribution in [-0.2, 0) is 10.0 Å². The number of fused-ring (bicyclic) bond motifs is 1. The second-order valence-corrected chi connectivity index (χ2v) is 7.94. The number of nitrogens with zero attached hydrogens (tertiary/aromatic N) is 2. The van der Waals surface area contributed by atoms with E-state index in [0.717, 1.165) is 19.5 Å². The van der Waals surface area contributed by atoms with Crippen LogP contribution in [0.15, 0.2) is 23.1 Å². The molecule has 7 nitrogen and oxygen atoms in total. The Morgan fingerprint density at radius 3 is 2.73 bits per heavy atom. The standard InChI is InChI=1S/C14H19N3O4S/c1-10-6-13(17(18)19)2-3-14(10)22(20,21)16-5-4-11-7-15-8-12(11)9-16/h2-3,6,11-12,15H,4-5,7-9H2,1H3. The normalized spacial score (nSPS) is 25.9. The molecule has 0 spiro atoms. The predicted octanol–water partition coefficient (Wildman–Crippen LogP) is 1.13. The molecule has 2 heterocycles. The number of nitro groups is 1. The lowest BCUT2D eigenvalue weighted by molar-refractivity contribution is -0.385. The second-order valence-electron chi connectivity index (χ2n) is 6.04. The van der Waals surface area contributed by atoms with E-state index in [1.165, 1.54) is 22.5 Å². The molecule has 0 radical (unpaired) electrons. The van der Waals surface area contributed by atoms with Crippen molar-refractivity contribution in [2.24, 2.45) is 11.8 Å². The van der Waals surface area contributed by atoms with Crippen LogP contribution < -0.4 is 5.32 Å². The highest BCUT2D eigenvalue weighted by Crippen LogP contribution is 2.31. The van der Waals surface area contributed by atoms with Crippen molar-refractivity contribution in [1.82, 2.24) is 9.62 Å². The second kappa shape index (κ2) is 5.60. The van der Waals surface area contributed by atoms with Crippen LogP contribution in [0.25, 0.3) is 0 Å². The van der Waals surface area contributed by atoms with E-state index < -0.39 is 14.9 Å². The Kier molecular flexibility index (Phi) is 3.92. The molecule has 2 unspecified atom stereocenters. The summed E-state index contributed by atoms with van der Waals surface area (Å²) in [7, 11) is -3.59. The zero-order valence-corrected chi connectivity index (χ0v) is 13.2. The molecule has 0 aliphatic carbocycles. The van der Waals surface area contributed by atoms with Crippen LogP contribution >= 0.6 is 0 Å². The maximum Gasteiger partial charge on any atom is 0.269 e. The Labute approximate surface area is 129 Å². The molecule has 0 amide bonds. The van der Waals surface area contributed by atoms with Crippen LogP contribution in [0.3, 0.4) is 0 Å². The molecule has 0 bridgehead atoms. The molecule has 22 heavy (non-hydrogen) atoms. The van der Waals surface area contributed by atoms with Crippen LogP contribution in [0.5, 0.6) is 0 Å². The molecule has 2 aliphatic rings. The quantitative estimate of drug-likeness (QED) is 0.664. The summed E-state index contributed by atoms with van der Waals surface area (Å²) in [4.78, 5) is 10.4. The number of piperidine rings is 1. The maximum absolute atomic E-state index is 12.8. The Morgan fingerprint density at radius 2 is 2.05 bits per heavy atom. The van der Waals surface area contributed by atoms with E-state index in [2.05, 4.69) is 5.32 Å². The van der Waals surface area contributed by atoms with Gasteiger partial charge in [0.1, 0.15) is 0 Å². The van der Waals surface area contributed by atoms with Crippen molar-refractivity contribution in [1.29, 1.82) is 0 Å². The highest BCUT2D eigenvalue weighted by Gasteiger charge is 2.38. The fraction of sp³-hybridized carbons (Fsp3) is 0.571. The fourth-order valence-corrected chi connectivity index (χ4v) is 5.11. The van der Waals surface area contributed by atoms with Crippen LogP contribution in [0.1, 0.15) is 12.0 Å². The zero-order valence-electron chi connectivity index (χ0n) is 12.4. The lowest BCUT2D eigenvalue weighted by Crippen LogP contribution is -2.43. The molecule has 2 aliphatic heterocycles. The number of hydrogen-bond acceptors (Lipinski definition) is 5. The van der Waals surface area contributed by atoms with Gasteiger partial charge in [0.2, 0.25) is 10.0 Å². The maximum atomic E-state index is 12.8. The van der Waals surface area contributed by atoms with Gasteiger partial charge in [-0.3, -0.25) is 10.1 Å². The highest BCUT2D eigenvalue weighted by molar-refractivity contribution is 7.89. The molecule has 3 rings (SSSR count). The van der Waals surface area contributed by atoms with Gasteiger partial charge in [0.15, 0.2) is 0 Å². The highest BCUT2D eigenvalue weighted by atomic mass is 32.2. The van der Waals surface area contributed by atoms with Crippen molar-refractivity contribution in [2.45, 2.75) is 18.2 Å². The Hall–Kier alpha value is -1.51. The average molecular weight is 325 g/mol. The minimum absolute atomic E-state index is 0.0878. The Bertz CT molecular complexity index is 704. The molecule has 8 heteroatoms. The first-order valence-electron chi connectivity index (χ1n) is 7.35. The van der Waals surface area contributed by atoms with Crippen molar-refractivity contribution in [3.05, 3.63) is 33.9 Å². The van der Waals surface area contributed by atoms with Crippen molar-refractivity contribution in [2.75, 3.05) is 26.2 Å². The fourth-order valence-electron chi connectivity index (χ4n) is 3.40. The summed E-state index contributed by atoms with van der Waals surface area (Å²) in [5.74, 6) is 0.922. The summed E-state index contributed by atoms with van der Waals surface area (Å²) < 4.78 is 27.2. The summed E-state index contributed by atoms with van der Waals surface area (Å²) in [5.41, 5.74) is 0.330. The van der Waals surface area contributed by atoms with E-state index in [9.17, 15) is 18.5 Å². The minimum Gasteiger partial charge on any atom is -0.316 e. The van der Waals surface area contributed by atoms with Crippen LogP contribution in [-0.4, -0.2) is 43.8 Å². The average Bonchev–Trinajstić information content (AvgIpc) is 2.94. The number of rotatable bonds is 3. The number of nitro benzene ring substituents is 1. The van der Waals surface area contributed by atoms with Crippen LogP contribution in [0.2, 0.25) is 0 Å². The molecular weight excluding hydrogens is 306 g/mol. The monoisotopic (exact) mass is 325 g/mol. The Morgan fingerprint density at radius 1 is 1.32 bits per heavy atom. The number of non-ortho nitro benzene ring substituents is 1. The lowest BCUT2D eigenvalue weighted by Gasteiger charge is -2.33. The molecule has 1 aromatic rings. The third-order valence-corrected chi connectivity index (χ3v) is 6.68. The summed E-state index contributed by atoms with van der Waals surface area (Å²) >= 11 is 0. The summed E-state index contributed by atoms with van der Waals surface area (Å²) in [6.45, 7) is 4.47. The molecular formula is C14H19N3O4S. The molecule has 2 saturated heterocycles. The predicted molar refractivity (Wildman–Crippen MR) is 81.1 cm³/mol. The summed E-state index contributed by atoms with van der Waals surface area (Å²) in [5, 5.41) is 14.1. The van der Waals surface area contributed by atoms with Crippen molar-refractivity contribution in [3.8, 4) is 0 Å². The molecule has 1 aromatic carbocycles. The number of aryl methyl sites for hydroxylation is 1. The molecule has 0 saturated carbocycles. The number of nitrogens with one attached hydrogen (secondary N) is 1. The van der Waals surface area contributed by atoms with Gasteiger partial charge < -0.3 is 5.32 Å². The van der Waals surface area contributed by atoms with Crippen molar-refractivity contribution in [3.63, 3.8) is 0 Å². The van der Waals surface area contributed by atoms with E-state index in [4.69, 9.17) is 0 Å². The van der Waals surface area contributed by atoms with Crippen molar-refractivity contribution >= 4 is 15.7 Å². The molecule has 2 atom stereocenters. The number of hydrogen-bond donors (Lipinski definition) is 1. The zero-order chi connectivity index (χ0) is 15.9. The largest absolute Gasteiger partial charge is 0.316 e. The number of benzene rings is 1. The summed E-state index contributed by atoms with van der Waals surface area (Å²) in [6, 6.07) is 3.92. The minimum atomic E-state index is -3.59. The summed E-state index contributed by atoms with van der Waals surface area (Å²) in [6.07, 6.45) is 0.864. The van der Waals surface area contributed by atoms with Crippen LogP contribution in [0.4, 0.5) is 5.69 Å². The van der Waals surface area contributed by atoms with Gasteiger partial charge in [-0.05, 0) is 49.9 Å². The third kappa shape index (κ3) is 2.62. The topological polar surface area (TPSA) is 92.5 Å². The molecule has 120 valence electrons. The molecule has 0 aromatic heterocycles. The van der Waals surface area contributed by atoms with Gasteiger partial charge in [-0.2, -0.15) is 4.31 Å².